The average molecular weight is 198 g/mol. The predicted octanol–water partition coefficient (Wildman–Crippen LogP) is 2.12. The fourth-order valence-corrected chi connectivity index (χ4v) is 1.21. The molecule has 0 aromatic heterocycles. The molecule has 0 radical (unpaired) electrons. The molecule has 0 aliphatic rings. The summed E-state index contributed by atoms with van der Waals surface area (Å²) in [6.45, 7) is 3.51. The van der Waals surface area contributed by atoms with Crippen LogP contribution < -0.4 is 11.5 Å². The topological polar surface area (TPSA) is 52.0 Å². The van der Waals surface area contributed by atoms with Gasteiger partial charge in [-0.05, 0) is 18.1 Å². The maximum absolute atomic E-state index is 12.8. The molecule has 2 nitrogen and oxygen atoms in total. The molecule has 0 aliphatic carbocycles. The van der Waals surface area contributed by atoms with Crippen molar-refractivity contribution in [3.05, 3.63) is 42.0 Å². The normalized spacial score (nSPS) is 12.5. The van der Waals surface area contributed by atoms with Gasteiger partial charge < -0.3 is 11.5 Å². The minimum Gasteiger partial charge on any atom is -0.398 e. The van der Waals surface area contributed by atoms with E-state index in [0.29, 0.717) is 12.0 Å². The second-order valence-corrected chi connectivity index (χ2v) is 3.03. The van der Waals surface area contributed by atoms with Crippen LogP contribution in [0.4, 0.5) is 14.5 Å². The van der Waals surface area contributed by atoms with Crippen molar-refractivity contribution in [2.45, 2.75) is 12.5 Å². The van der Waals surface area contributed by atoms with Crippen LogP contribution in [0.25, 0.3) is 0 Å². The highest BCUT2D eigenvalue weighted by atomic mass is 19.2. The van der Waals surface area contributed by atoms with Gasteiger partial charge >= 0.3 is 0 Å². The zero-order valence-electron chi connectivity index (χ0n) is 7.63. The number of hydrogen-bond donors (Lipinski definition) is 2. The second-order valence-electron chi connectivity index (χ2n) is 3.03. The van der Waals surface area contributed by atoms with Gasteiger partial charge in [-0.15, -0.1) is 6.58 Å². The smallest absolute Gasteiger partial charge is 0.160 e. The van der Waals surface area contributed by atoms with Gasteiger partial charge in [0.15, 0.2) is 11.6 Å². The molecule has 0 heterocycles. The van der Waals surface area contributed by atoms with Crippen LogP contribution in [0.1, 0.15) is 18.0 Å². The molecule has 1 aromatic rings. The van der Waals surface area contributed by atoms with Crippen molar-refractivity contribution in [3.8, 4) is 0 Å². The molecule has 1 aromatic carbocycles. The number of hydrogen-bond acceptors (Lipinski definition) is 2. The van der Waals surface area contributed by atoms with Gasteiger partial charge in [0, 0.05) is 17.8 Å². The molecular weight excluding hydrogens is 186 g/mol. The Labute approximate surface area is 81.2 Å². The van der Waals surface area contributed by atoms with Crippen LogP contribution in [-0.2, 0) is 0 Å². The van der Waals surface area contributed by atoms with Crippen LogP contribution in [0.3, 0.4) is 0 Å². The van der Waals surface area contributed by atoms with Crippen molar-refractivity contribution >= 4 is 5.69 Å². The third-order valence-electron chi connectivity index (χ3n) is 1.95. The van der Waals surface area contributed by atoms with Crippen LogP contribution in [0.5, 0.6) is 0 Å². The zero-order chi connectivity index (χ0) is 10.7. The van der Waals surface area contributed by atoms with Crippen molar-refractivity contribution in [1.29, 1.82) is 0 Å². The van der Waals surface area contributed by atoms with Gasteiger partial charge in [-0.2, -0.15) is 0 Å². The van der Waals surface area contributed by atoms with Crippen molar-refractivity contribution in [2.75, 3.05) is 5.73 Å². The summed E-state index contributed by atoms with van der Waals surface area (Å²) >= 11 is 0. The Hall–Kier alpha value is -1.42. The molecule has 0 aliphatic heterocycles. The van der Waals surface area contributed by atoms with Crippen molar-refractivity contribution in [1.82, 2.24) is 0 Å². The number of rotatable bonds is 3. The summed E-state index contributed by atoms with van der Waals surface area (Å²) in [6, 6.07) is 1.52. The van der Waals surface area contributed by atoms with E-state index in [0.717, 1.165) is 12.1 Å². The maximum Gasteiger partial charge on any atom is 0.160 e. The minimum absolute atomic E-state index is 0.165. The fourth-order valence-electron chi connectivity index (χ4n) is 1.21. The summed E-state index contributed by atoms with van der Waals surface area (Å²) in [6.07, 6.45) is 2.07. The number of nitrogen functional groups attached to an aromatic ring is 1. The summed E-state index contributed by atoms with van der Waals surface area (Å²) in [7, 11) is 0. The quantitative estimate of drug-likeness (QED) is 0.577. The molecule has 0 spiro atoms. The first-order chi connectivity index (χ1) is 6.56. The van der Waals surface area contributed by atoms with Gasteiger partial charge in [0.2, 0.25) is 0 Å². The number of anilines is 1. The number of halogens is 2. The van der Waals surface area contributed by atoms with E-state index in [9.17, 15) is 8.78 Å². The highest BCUT2D eigenvalue weighted by molar-refractivity contribution is 5.49. The van der Waals surface area contributed by atoms with Gasteiger partial charge in [-0.1, -0.05) is 6.08 Å². The van der Waals surface area contributed by atoms with Crippen molar-refractivity contribution < 1.29 is 8.78 Å². The van der Waals surface area contributed by atoms with E-state index in [4.69, 9.17) is 11.5 Å². The van der Waals surface area contributed by atoms with E-state index in [1.807, 2.05) is 0 Å². The van der Waals surface area contributed by atoms with E-state index < -0.39 is 17.7 Å². The monoisotopic (exact) mass is 198 g/mol. The number of benzene rings is 1. The lowest BCUT2D eigenvalue weighted by Crippen LogP contribution is -2.12. The van der Waals surface area contributed by atoms with Crippen molar-refractivity contribution in [3.63, 3.8) is 0 Å². The summed E-state index contributed by atoms with van der Waals surface area (Å²) in [5.41, 5.74) is 11.8. The Kier molecular flexibility index (Phi) is 3.19. The first-order valence-corrected chi connectivity index (χ1v) is 4.17. The summed E-state index contributed by atoms with van der Waals surface area (Å²) < 4.78 is 25.5. The minimum atomic E-state index is -0.961. The molecule has 14 heavy (non-hydrogen) atoms. The Balaban J connectivity index is 3.08. The van der Waals surface area contributed by atoms with Crippen LogP contribution in [0.15, 0.2) is 24.8 Å². The summed E-state index contributed by atoms with van der Waals surface area (Å²) in [4.78, 5) is 0. The molecule has 0 amide bonds. The van der Waals surface area contributed by atoms with Gasteiger partial charge in [0.1, 0.15) is 0 Å². The standard InChI is InChI=1S/C10H12F2N2/c1-2-3-9(13)6-4-7(11)8(12)5-10(6)14/h2,4-5,9H,1,3,13-14H2. The first-order valence-electron chi connectivity index (χ1n) is 4.17. The molecule has 0 saturated heterocycles. The Morgan fingerprint density at radius 1 is 1.36 bits per heavy atom. The molecule has 76 valence electrons. The third kappa shape index (κ3) is 2.09. The molecule has 1 rings (SSSR count). The molecule has 1 atom stereocenters. The molecule has 1 unspecified atom stereocenters. The van der Waals surface area contributed by atoms with Crippen LogP contribution >= 0.6 is 0 Å². The van der Waals surface area contributed by atoms with E-state index in [-0.39, 0.29) is 5.69 Å². The molecule has 4 heteroatoms. The van der Waals surface area contributed by atoms with Gasteiger partial charge in [-0.3, -0.25) is 0 Å². The highest BCUT2D eigenvalue weighted by Crippen LogP contribution is 2.24. The molecule has 0 fully saturated rings. The van der Waals surface area contributed by atoms with Crippen LogP contribution in [0.2, 0.25) is 0 Å². The lowest BCUT2D eigenvalue weighted by molar-refractivity contribution is 0.506. The molecule has 0 saturated carbocycles. The van der Waals surface area contributed by atoms with E-state index >= 15 is 0 Å². The summed E-state index contributed by atoms with van der Waals surface area (Å²) in [5.74, 6) is -1.90. The molecular formula is C10H12F2N2. The first kappa shape index (κ1) is 10.7. The van der Waals surface area contributed by atoms with Crippen molar-refractivity contribution in [2.24, 2.45) is 5.73 Å². The van der Waals surface area contributed by atoms with E-state index in [2.05, 4.69) is 6.58 Å². The summed E-state index contributed by atoms with van der Waals surface area (Å²) in [5, 5.41) is 0. The lowest BCUT2D eigenvalue weighted by atomic mass is 10.0. The Morgan fingerprint density at radius 2 is 1.93 bits per heavy atom. The third-order valence-corrected chi connectivity index (χ3v) is 1.95. The van der Waals surface area contributed by atoms with E-state index in [1.165, 1.54) is 0 Å². The van der Waals surface area contributed by atoms with Gasteiger partial charge in [0.25, 0.3) is 0 Å². The second kappa shape index (κ2) is 4.19. The van der Waals surface area contributed by atoms with Gasteiger partial charge in [0.05, 0.1) is 0 Å². The van der Waals surface area contributed by atoms with Crippen LogP contribution in [-0.4, -0.2) is 0 Å². The zero-order valence-corrected chi connectivity index (χ0v) is 7.63. The Morgan fingerprint density at radius 3 is 2.50 bits per heavy atom. The predicted molar refractivity (Wildman–Crippen MR) is 52.5 cm³/mol. The fraction of sp³-hybridized carbons (Fsp3) is 0.200. The number of nitrogens with two attached hydrogens (primary N) is 2. The van der Waals surface area contributed by atoms with Crippen LogP contribution in [0, 0.1) is 11.6 Å². The molecule has 4 N–H and O–H groups in total. The van der Waals surface area contributed by atoms with E-state index in [1.54, 1.807) is 6.08 Å². The largest absolute Gasteiger partial charge is 0.398 e. The average Bonchev–Trinajstić information content (AvgIpc) is 2.11. The SMILES string of the molecule is C=CCC(N)c1cc(F)c(F)cc1N. The highest BCUT2D eigenvalue weighted by Gasteiger charge is 2.12. The Bertz CT molecular complexity index is 350. The molecule has 0 bridgehead atoms. The van der Waals surface area contributed by atoms with Gasteiger partial charge in [-0.25, -0.2) is 8.78 Å². The maximum atomic E-state index is 12.8. The lowest BCUT2D eigenvalue weighted by Gasteiger charge is -2.12.